The first-order chi connectivity index (χ1) is 9.47. The molecule has 0 amide bonds. The van der Waals surface area contributed by atoms with Crippen LogP contribution < -0.4 is 10.2 Å². The van der Waals surface area contributed by atoms with E-state index < -0.39 is 11.6 Å². The van der Waals surface area contributed by atoms with E-state index in [1.54, 1.807) is 0 Å². The molecule has 1 unspecified atom stereocenters. The van der Waals surface area contributed by atoms with E-state index in [4.69, 9.17) is 0 Å². The van der Waals surface area contributed by atoms with Crippen molar-refractivity contribution >= 4 is 11.4 Å². The van der Waals surface area contributed by atoms with Crippen LogP contribution in [-0.2, 0) is 0 Å². The van der Waals surface area contributed by atoms with Crippen molar-refractivity contribution in [3.8, 4) is 0 Å². The van der Waals surface area contributed by atoms with Crippen LogP contribution in [-0.4, -0.2) is 14.1 Å². The molecule has 0 saturated carbocycles. The highest BCUT2D eigenvalue weighted by molar-refractivity contribution is 5.69. The highest BCUT2D eigenvalue weighted by Gasteiger charge is 2.11. The SMILES string of the molecule is CC(Nc1ccccc1N(C)C)c1cc(F)cc(F)c1. The number of hydrogen-bond acceptors (Lipinski definition) is 2. The van der Waals surface area contributed by atoms with E-state index in [1.807, 2.05) is 50.2 Å². The smallest absolute Gasteiger partial charge is 0.126 e. The Morgan fingerprint density at radius 2 is 1.60 bits per heavy atom. The van der Waals surface area contributed by atoms with Crippen molar-refractivity contribution in [3.63, 3.8) is 0 Å². The molecule has 0 heterocycles. The van der Waals surface area contributed by atoms with E-state index in [1.165, 1.54) is 12.1 Å². The molecule has 0 radical (unpaired) electrons. The minimum absolute atomic E-state index is 0.193. The Morgan fingerprint density at radius 1 is 1.00 bits per heavy atom. The first-order valence-electron chi connectivity index (χ1n) is 6.46. The number of nitrogens with zero attached hydrogens (tertiary/aromatic N) is 1. The molecule has 0 spiro atoms. The largest absolute Gasteiger partial charge is 0.377 e. The Morgan fingerprint density at radius 3 is 2.20 bits per heavy atom. The van der Waals surface area contributed by atoms with Crippen LogP contribution in [0.1, 0.15) is 18.5 Å². The Hall–Kier alpha value is -2.10. The number of hydrogen-bond donors (Lipinski definition) is 1. The van der Waals surface area contributed by atoms with Crippen molar-refractivity contribution < 1.29 is 8.78 Å². The van der Waals surface area contributed by atoms with Gasteiger partial charge in [-0.3, -0.25) is 0 Å². The molecular weight excluding hydrogens is 258 g/mol. The Labute approximate surface area is 118 Å². The Kier molecular flexibility index (Phi) is 4.23. The average Bonchev–Trinajstić information content (AvgIpc) is 2.37. The summed E-state index contributed by atoms with van der Waals surface area (Å²) in [6.45, 7) is 1.88. The molecule has 0 aliphatic rings. The van der Waals surface area contributed by atoms with Gasteiger partial charge in [-0.25, -0.2) is 8.78 Å². The van der Waals surface area contributed by atoms with Gasteiger partial charge in [0.1, 0.15) is 11.6 Å². The predicted octanol–water partition coefficient (Wildman–Crippen LogP) is 4.20. The topological polar surface area (TPSA) is 15.3 Å². The molecule has 20 heavy (non-hydrogen) atoms. The fraction of sp³-hybridized carbons (Fsp3) is 0.250. The number of nitrogens with one attached hydrogen (secondary N) is 1. The summed E-state index contributed by atoms with van der Waals surface area (Å²) in [5, 5.41) is 3.29. The van der Waals surface area contributed by atoms with Gasteiger partial charge in [-0.2, -0.15) is 0 Å². The molecule has 0 bridgehead atoms. The third-order valence-electron chi connectivity index (χ3n) is 3.14. The molecule has 2 rings (SSSR count). The molecule has 2 aromatic carbocycles. The van der Waals surface area contributed by atoms with Gasteiger partial charge in [0.2, 0.25) is 0 Å². The zero-order valence-corrected chi connectivity index (χ0v) is 11.8. The lowest BCUT2D eigenvalue weighted by Crippen LogP contribution is -2.14. The van der Waals surface area contributed by atoms with Gasteiger partial charge in [-0.1, -0.05) is 12.1 Å². The van der Waals surface area contributed by atoms with Gasteiger partial charge in [-0.15, -0.1) is 0 Å². The standard InChI is InChI=1S/C16H18F2N2/c1-11(12-8-13(17)10-14(18)9-12)19-15-6-4-5-7-16(15)20(2)3/h4-11,19H,1-3H3. The minimum Gasteiger partial charge on any atom is -0.377 e. The maximum Gasteiger partial charge on any atom is 0.126 e. The molecule has 0 aliphatic heterocycles. The van der Waals surface area contributed by atoms with Gasteiger partial charge in [0.15, 0.2) is 0 Å². The summed E-state index contributed by atoms with van der Waals surface area (Å²) in [7, 11) is 3.90. The first-order valence-corrected chi connectivity index (χ1v) is 6.46. The second-order valence-electron chi connectivity index (χ2n) is 4.98. The zero-order chi connectivity index (χ0) is 14.7. The van der Waals surface area contributed by atoms with E-state index >= 15 is 0 Å². The molecule has 106 valence electrons. The highest BCUT2D eigenvalue weighted by Crippen LogP contribution is 2.28. The van der Waals surface area contributed by atoms with E-state index in [-0.39, 0.29) is 6.04 Å². The first kappa shape index (κ1) is 14.3. The normalized spacial score (nSPS) is 12.1. The molecule has 2 aromatic rings. The number of halogens is 2. The fourth-order valence-electron chi connectivity index (χ4n) is 2.13. The molecule has 1 N–H and O–H groups in total. The van der Waals surface area contributed by atoms with Crippen LogP contribution in [0.15, 0.2) is 42.5 Å². The predicted molar refractivity (Wildman–Crippen MR) is 79.2 cm³/mol. The lowest BCUT2D eigenvalue weighted by Gasteiger charge is -2.22. The summed E-state index contributed by atoms with van der Waals surface area (Å²) in [4.78, 5) is 1.99. The maximum absolute atomic E-state index is 13.3. The molecule has 2 nitrogen and oxygen atoms in total. The number of benzene rings is 2. The number of rotatable bonds is 4. The van der Waals surface area contributed by atoms with Crippen molar-refractivity contribution in [3.05, 3.63) is 59.7 Å². The van der Waals surface area contributed by atoms with Crippen molar-refractivity contribution in [1.82, 2.24) is 0 Å². The van der Waals surface area contributed by atoms with Crippen molar-refractivity contribution in [2.45, 2.75) is 13.0 Å². The summed E-state index contributed by atoms with van der Waals surface area (Å²) in [6, 6.07) is 11.2. The van der Waals surface area contributed by atoms with E-state index in [2.05, 4.69) is 5.32 Å². The zero-order valence-electron chi connectivity index (χ0n) is 11.8. The lowest BCUT2D eigenvalue weighted by molar-refractivity contribution is 0.577. The van der Waals surface area contributed by atoms with Gasteiger partial charge in [0.25, 0.3) is 0 Å². The van der Waals surface area contributed by atoms with E-state index in [0.29, 0.717) is 5.56 Å². The van der Waals surface area contributed by atoms with Gasteiger partial charge in [0, 0.05) is 26.2 Å². The summed E-state index contributed by atoms with van der Waals surface area (Å²) >= 11 is 0. The maximum atomic E-state index is 13.3. The molecule has 0 fully saturated rings. The van der Waals surface area contributed by atoms with E-state index in [0.717, 1.165) is 17.4 Å². The summed E-state index contributed by atoms with van der Waals surface area (Å²) in [5.41, 5.74) is 2.53. The minimum atomic E-state index is -0.561. The van der Waals surface area contributed by atoms with Crippen molar-refractivity contribution in [2.75, 3.05) is 24.3 Å². The van der Waals surface area contributed by atoms with Gasteiger partial charge >= 0.3 is 0 Å². The molecule has 4 heteroatoms. The molecule has 0 aromatic heterocycles. The molecule has 1 atom stereocenters. The molecular formula is C16H18F2N2. The van der Waals surface area contributed by atoms with Crippen LogP contribution >= 0.6 is 0 Å². The third kappa shape index (κ3) is 3.26. The van der Waals surface area contributed by atoms with Gasteiger partial charge in [-0.05, 0) is 36.8 Å². The third-order valence-corrected chi connectivity index (χ3v) is 3.14. The van der Waals surface area contributed by atoms with Crippen molar-refractivity contribution in [1.29, 1.82) is 0 Å². The Bertz CT molecular complexity index is 577. The van der Waals surface area contributed by atoms with Crippen molar-refractivity contribution in [2.24, 2.45) is 0 Å². The quantitative estimate of drug-likeness (QED) is 0.900. The summed E-state index contributed by atoms with van der Waals surface area (Å²) in [5.74, 6) is -1.12. The number of anilines is 2. The van der Waals surface area contributed by atoms with Crippen LogP contribution in [0.3, 0.4) is 0 Å². The van der Waals surface area contributed by atoms with Gasteiger partial charge < -0.3 is 10.2 Å². The van der Waals surface area contributed by atoms with Crippen LogP contribution in [0.5, 0.6) is 0 Å². The summed E-state index contributed by atoms with van der Waals surface area (Å²) in [6.07, 6.45) is 0. The second-order valence-corrected chi connectivity index (χ2v) is 4.98. The lowest BCUT2D eigenvalue weighted by atomic mass is 10.1. The summed E-state index contributed by atoms with van der Waals surface area (Å²) < 4.78 is 26.5. The van der Waals surface area contributed by atoms with Crippen LogP contribution in [0.2, 0.25) is 0 Å². The van der Waals surface area contributed by atoms with Crippen LogP contribution in [0, 0.1) is 11.6 Å². The van der Waals surface area contributed by atoms with E-state index in [9.17, 15) is 8.78 Å². The fourth-order valence-corrected chi connectivity index (χ4v) is 2.13. The molecule has 0 aliphatic carbocycles. The highest BCUT2D eigenvalue weighted by atomic mass is 19.1. The second kappa shape index (κ2) is 5.90. The number of para-hydroxylation sites is 2. The Balaban J connectivity index is 2.25. The average molecular weight is 276 g/mol. The molecule has 0 saturated heterocycles. The monoisotopic (exact) mass is 276 g/mol. The van der Waals surface area contributed by atoms with Crippen LogP contribution in [0.4, 0.5) is 20.2 Å². The van der Waals surface area contributed by atoms with Gasteiger partial charge in [0.05, 0.1) is 11.4 Å². The van der Waals surface area contributed by atoms with Crippen LogP contribution in [0.25, 0.3) is 0 Å².